The van der Waals surface area contributed by atoms with E-state index < -0.39 is 30.8 Å². The Balaban J connectivity index is 2.82. The summed E-state index contributed by atoms with van der Waals surface area (Å²) in [5, 5.41) is 11.4. The number of aliphatic carboxylic acids is 1. The predicted molar refractivity (Wildman–Crippen MR) is 39.5 cm³/mol. The largest absolute Gasteiger partial charge is 0.481 e. The molecule has 0 fully saturated rings. The van der Waals surface area contributed by atoms with Crippen LogP contribution in [-0.4, -0.2) is 27.3 Å². The van der Waals surface area contributed by atoms with Crippen LogP contribution < -0.4 is 0 Å². The third kappa shape index (κ3) is 2.48. The number of alkyl halides is 2. The third-order valence-corrected chi connectivity index (χ3v) is 1.59. The molecule has 0 aliphatic rings. The number of carboxylic acids is 1. The standard InChI is InChI=1S/C7H7F3N2O2/c8-5-1-2-12(11-5)4(7(9)10)3-6(13)14/h1-2,4,7H,3H2,(H,13,14)/t4-/m1/s1. The van der Waals surface area contributed by atoms with Gasteiger partial charge >= 0.3 is 5.97 Å². The van der Waals surface area contributed by atoms with Crippen molar-refractivity contribution in [3.63, 3.8) is 0 Å². The maximum absolute atomic E-state index is 12.4. The minimum atomic E-state index is -2.90. The zero-order chi connectivity index (χ0) is 10.7. The van der Waals surface area contributed by atoms with Crippen molar-refractivity contribution in [1.29, 1.82) is 0 Å². The fourth-order valence-corrected chi connectivity index (χ4v) is 0.977. The van der Waals surface area contributed by atoms with Crippen LogP contribution in [0.2, 0.25) is 0 Å². The van der Waals surface area contributed by atoms with Crippen molar-refractivity contribution in [2.45, 2.75) is 18.9 Å². The fraction of sp³-hybridized carbons (Fsp3) is 0.429. The first kappa shape index (κ1) is 10.6. The van der Waals surface area contributed by atoms with Gasteiger partial charge in [-0.3, -0.25) is 9.48 Å². The van der Waals surface area contributed by atoms with E-state index in [1.165, 1.54) is 0 Å². The second-order valence-corrected chi connectivity index (χ2v) is 2.62. The fourth-order valence-electron chi connectivity index (χ4n) is 0.977. The molecule has 0 unspecified atom stereocenters. The molecule has 0 spiro atoms. The molecule has 1 N–H and O–H groups in total. The molecule has 1 aromatic heterocycles. The van der Waals surface area contributed by atoms with Crippen molar-refractivity contribution >= 4 is 5.97 Å². The van der Waals surface area contributed by atoms with Gasteiger partial charge in [0.25, 0.3) is 6.43 Å². The normalized spacial score (nSPS) is 13.1. The highest BCUT2D eigenvalue weighted by Gasteiger charge is 2.26. The molecule has 0 saturated carbocycles. The van der Waals surface area contributed by atoms with E-state index in [0.29, 0.717) is 4.68 Å². The van der Waals surface area contributed by atoms with Gasteiger partial charge in [-0.05, 0) is 0 Å². The van der Waals surface area contributed by atoms with Crippen LogP contribution >= 0.6 is 0 Å². The first-order chi connectivity index (χ1) is 6.50. The lowest BCUT2D eigenvalue weighted by Crippen LogP contribution is -2.21. The quantitative estimate of drug-likeness (QED) is 0.811. The number of carbonyl (C=O) groups is 1. The van der Waals surface area contributed by atoms with Gasteiger partial charge in [0, 0.05) is 12.3 Å². The van der Waals surface area contributed by atoms with E-state index in [2.05, 4.69) is 5.10 Å². The van der Waals surface area contributed by atoms with Crippen LogP contribution in [0.1, 0.15) is 12.5 Å². The zero-order valence-electron chi connectivity index (χ0n) is 6.90. The van der Waals surface area contributed by atoms with Crippen LogP contribution in [0.15, 0.2) is 12.3 Å². The van der Waals surface area contributed by atoms with E-state index in [4.69, 9.17) is 5.11 Å². The van der Waals surface area contributed by atoms with Crippen molar-refractivity contribution in [3.05, 3.63) is 18.2 Å². The molecule has 0 aliphatic heterocycles. The number of carboxylic acid groups (broad SMARTS) is 1. The summed E-state index contributed by atoms with van der Waals surface area (Å²) in [6, 6.07) is -0.742. The Bertz CT molecular complexity index is 326. The average Bonchev–Trinajstić information content (AvgIpc) is 2.46. The van der Waals surface area contributed by atoms with Gasteiger partial charge in [0.2, 0.25) is 5.95 Å². The molecule has 14 heavy (non-hydrogen) atoms. The van der Waals surface area contributed by atoms with Gasteiger partial charge in [0.05, 0.1) is 6.42 Å². The highest BCUT2D eigenvalue weighted by atomic mass is 19.3. The molecule has 7 heteroatoms. The van der Waals surface area contributed by atoms with Gasteiger partial charge in [0.15, 0.2) is 0 Å². The summed E-state index contributed by atoms with van der Waals surface area (Å²) in [6.45, 7) is 0. The summed E-state index contributed by atoms with van der Waals surface area (Å²) >= 11 is 0. The topological polar surface area (TPSA) is 55.1 Å². The van der Waals surface area contributed by atoms with Gasteiger partial charge < -0.3 is 5.11 Å². The van der Waals surface area contributed by atoms with E-state index in [-0.39, 0.29) is 0 Å². The van der Waals surface area contributed by atoms with Crippen LogP contribution in [0.4, 0.5) is 13.2 Å². The average molecular weight is 208 g/mol. The number of hydrogen-bond acceptors (Lipinski definition) is 2. The summed E-state index contributed by atoms with van der Waals surface area (Å²) in [5.41, 5.74) is 0. The number of aromatic nitrogens is 2. The molecular formula is C7H7F3N2O2. The van der Waals surface area contributed by atoms with Gasteiger partial charge in [0.1, 0.15) is 6.04 Å². The SMILES string of the molecule is O=C(O)C[C@H](C(F)F)n1ccc(F)n1. The number of hydrogen-bond donors (Lipinski definition) is 1. The van der Waals surface area contributed by atoms with Crippen LogP contribution in [-0.2, 0) is 4.79 Å². The van der Waals surface area contributed by atoms with E-state index in [1.54, 1.807) is 0 Å². The zero-order valence-corrected chi connectivity index (χ0v) is 6.90. The van der Waals surface area contributed by atoms with Gasteiger partial charge in [-0.2, -0.15) is 4.39 Å². The van der Waals surface area contributed by atoms with Crippen LogP contribution in [0.3, 0.4) is 0 Å². The lowest BCUT2D eigenvalue weighted by atomic mass is 10.2. The van der Waals surface area contributed by atoms with Crippen molar-refractivity contribution in [1.82, 2.24) is 9.78 Å². The molecule has 0 radical (unpaired) electrons. The molecule has 0 amide bonds. The summed E-state index contributed by atoms with van der Waals surface area (Å²) < 4.78 is 37.6. The Hall–Kier alpha value is -1.53. The molecule has 4 nitrogen and oxygen atoms in total. The van der Waals surface area contributed by atoms with Crippen molar-refractivity contribution in [3.8, 4) is 0 Å². The third-order valence-electron chi connectivity index (χ3n) is 1.59. The monoisotopic (exact) mass is 208 g/mol. The number of rotatable bonds is 4. The molecule has 1 heterocycles. The minimum absolute atomic E-state index is 0.619. The first-order valence-electron chi connectivity index (χ1n) is 3.71. The molecule has 1 aromatic rings. The second-order valence-electron chi connectivity index (χ2n) is 2.62. The molecule has 0 aromatic carbocycles. The Morgan fingerprint density at radius 1 is 1.64 bits per heavy atom. The Morgan fingerprint density at radius 3 is 2.64 bits per heavy atom. The molecular weight excluding hydrogens is 201 g/mol. The lowest BCUT2D eigenvalue weighted by molar-refractivity contribution is -0.139. The highest BCUT2D eigenvalue weighted by Crippen LogP contribution is 2.19. The minimum Gasteiger partial charge on any atom is -0.481 e. The Kier molecular flexibility index (Phi) is 3.10. The number of halogens is 3. The van der Waals surface area contributed by atoms with E-state index in [9.17, 15) is 18.0 Å². The molecule has 0 aliphatic carbocycles. The van der Waals surface area contributed by atoms with Gasteiger partial charge in [-0.1, -0.05) is 0 Å². The maximum Gasteiger partial charge on any atom is 0.305 e. The van der Waals surface area contributed by atoms with Crippen LogP contribution in [0, 0.1) is 5.95 Å². The van der Waals surface area contributed by atoms with E-state index >= 15 is 0 Å². The van der Waals surface area contributed by atoms with E-state index in [0.717, 1.165) is 12.3 Å². The summed E-state index contributed by atoms with van der Waals surface area (Å²) in [5.74, 6) is -2.30. The van der Waals surface area contributed by atoms with Crippen molar-refractivity contribution in [2.24, 2.45) is 0 Å². The predicted octanol–water partition coefficient (Wildman–Crippen LogP) is 1.30. The highest BCUT2D eigenvalue weighted by molar-refractivity contribution is 5.67. The lowest BCUT2D eigenvalue weighted by Gasteiger charge is -2.13. The molecule has 0 saturated heterocycles. The summed E-state index contributed by atoms with van der Waals surface area (Å²) in [7, 11) is 0. The van der Waals surface area contributed by atoms with Gasteiger partial charge in [-0.15, -0.1) is 5.10 Å². The first-order valence-corrected chi connectivity index (χ1v) is 3.71. The maximum atomic E-state index is 12.4. The second kappa shape index (κ2) is 4.12. The Labute approximate surface area is 77.0 Å². The van der Waals surface area contributed by atoms with Gasteiger partial charge in [-0.25, -0.2) is 8.78 Å². The summed E-state index contributed by atoms with van der Waals surface area (Å²) in [4.78, 5) is 10.2. The van der Waals surface area contributed by atoms with Crippen LogP contribution in [0.25, 0.3) is 0 Å². The molecule has 0 bridgehead atoms. The van der Waals surface area contributed by atoms with Crippen molar-refractivity contribution in [2.75, 3.05) is 0 Å². The van der Waals surface area contributed by atoms with E-state index in [1.807, 2.05) is 0 Å². The smallest absolute Gasteiger partial charge is 0.305 e. The van der Waals surface area contributed by atoms with Crippen LogP contribution in [0.5, 0.6) is 0 Å². The summed E-state index contributed by atoms with van der Waals surface area (Å²) in [6.07, 6.45) is -2.71. The van der Waals surface area contributed by atoms with Crippen molar-refractivity contribution < 1.29 is 23.1 Å². The molecule has 78 valence electrons. The number of nitrogens with zero attached hydrogens (tertiary/aromatic N) is 2. The molecule has 1 rings (SSSR count). The molecule has 1 atom stereocenters. The Morgan fingerprint density at radius 2 is 2.29 bits per heavy atom.